The molecule has 1 amide bonds. The van der Waals surface area contributed by atoms with Crippen LogP contribution in [0.15, 0.2) is 42.6 Å². The van der Waals surface area contributed by atoms with Gasteiger partial charge in [-0.15, -0.1) is 0 Å². The Balaban J connectivity index is 1.45. The summed E-state index contributed by atoms with van der Waals surface area (Å²) in [7, 11) is 0. The number of hydrogen-bond acceptors (Lipinski definition) is 6. The van der Waals surface area contributed by atoms with E-state index in [4.69, 9.17) is 0 Å². The van der Waals surface area contributed by atoms with Crippen molar-refractivity contribution in [2.45, 2.75) is 13.8 Å². The molecule has 29 heavy (non-hydrogen) atoms. The van der Waals surface area contributed by atoms with E-state index in [1.807, 2.05) is 25.1 Å². The zero-order valence-corrected chi connectivity index (χ0v) is 16.7. The lowest BCUT2D eigenvalue weighted by molar-refractivity contribution is 0.0944. The molecule has 0 aliphatic rings. The lowest BCUT2D eigenvalue weighted by atomic mass is 10.2. The quantitative estimate of drug-likeness (QED) is 0.541. The van der Waals surface area contributed by atoms with Crippen molar-refractivity contribution in [1.82, 2.24) is 25.2 Å². The van der Waals surface area contributed by atoms with Crippen molar-refractivity contribution in [2.75, 3.05) is 38.0 Å². The van der Waals surface area contributed by atoms with Gasteiger partial charge in [0, 0.05) is 26.2 Å². The minimum absolute atomic E-state index is 0.238. The molecule has 3 aromatic rings. The van der Waals surface area contributed by atoms with E-state index in [1.54, 1.807) is 12.1 Å². The largest absolute Gasteiger partial charge is 0.369 e. The number of aromatic nitrogens is 3. The highest BCUT2D eigenvalue weighted by Gasteiger charge is 2.10. The van der Waals surface area contributed by atoms with Gasteiger partial charge in [0.05, 0.1) is 17.2 Å². The monoisotopic (exact) mass is 396 g/mol. The van der Waals surface area contributed by atoms with E-state index in [1.165, 1.54) is 12.3 Å². The molecular formula is C21H25FN6O. The van der Waals surface area contributed by atoms with Gasteiger partial charge in [-0.1, -0.05) is 19.1 Å². The number of aryl methyl sites for hydroxylation is 1. The van der Waals surface area contributed by atoms with Crippen LogP contribution in [0.3, 0.4) is 0 Å². The molecule has 3 rings (SSSR count). The Morgan fingerprint density at radius 3 is 2.72 bits per heavy atom. The van der Waals surface area contributed by atoms with Crippen LogP contribution in [0.25, 0.3) is 11.0 Å². The molecule has 152 valence electrons. The van der Waals surface area contributed by atoms with Crippen molar-refractivity contribution in [3.63, 3.8) is 0 Å². The standard InChI is InChI=1S/C21H25FN6O/c1-3-28(11-9-23-20-6-4-5-19(22)27-20)12-10-24-21(29)18-14-25-17-13-15(2)7-8-16(17)26-18/h4-8,13-14H,3,9-12H2,1-2H3,(H,23,27)(H,24,29). The Kier molecular flexibility index (Phi) is 7.02. The first-order valence-electron chi connectivity index (χ1n) is 9.65. The van der Waals surface area contributed by atoms with E-state index in [9.17, 15) is 9.18 Å². The molecule has 0 saturated heterocycles. The van der Waals surface area contributed by atoms with Gasteiger partial charge in [-0.3, -0.25) is 9.78 Å². The molecular weight excluding hydrogens is 371 g/mol. The molecule has 0 spiro atoms. The van der Waals surface area contributed by atoms with Gasteiger partial charge in [-0.2, -0.15) is 4.39 Å². The number of nitrogens with one attached hydrogen (secondary N) is 2. The fourth-order valence-electron chi connectivity index (χ4n) is 2.93. The fourth-order valence-corrected chi connectivity index (χ4v) is 2.93. The summed E-state index contributed by atoms with van der Waals surface area (Å²) < 4.78 is 13.1. The first-order chi connectivity index (χ1) is 14.0. The van der Waals surface area contributed by atoms with Crippen LogP contribution in [0, 0.1) is 12.9 Å². The zero-order valence-electron chi connectivity index (χ0n) is 16.7. The Morgan fingerprint density at radius 2 is 1.93 bits per heavy atom. The van der Waals surface area contributed by atoms with E-state index in [0.717, 1.165) is 24.2 Å². The van der Waals surface area contributed by atoms with Crippen molar-refractivity contribution in [2.24, 2.45) is 0 Å². The van der Waals surface area contributed by atoms with Gasteiger partial charge in [-0.25, -0.2) is 9.97 Å². The summed E-state index contributed by atoms with van der Waals surface area (Å²) in [6.45, 7) is 7.46. The predicted octanol–water partition coefficient (Wildman–Crippen LogP) is 2.64. The zero-order chi connectivity index (χ0) is 20.6. The van der Waals surface area contributed by atoms with Crippen LogP contribution in [0.4, 0.5) is 10.2 Å². The number of fused-ring (bicyclic) bond motifs is 1. The third-order valence-electron chi connectivity index (χ3n) is 4.54. The van der Waals surface area contributed by atoms with Gasteiger partial charge in [0.2, 0.25) is 5.95 Å². The number of anilines is 1. The number of amides is 1. The van der Waals surface area contributed by atoms with Crippen molar-refractivity contribution < 1.29 is 9.18 Å². The number of pyridine rings is 1. The molecule has 7 nitrogen and oxygen atoms in total. The van der Waals surface area contributed by atoms with E-state index in [2.05, 4.69) is 37.4 Å². The topological polar surface area (TPSA) is 83.0 Å². The van der Waals surface area contributed by atoms with Gasteiger partial charge in [0.1, 0.15) is 11.5 Å². The fraction of sp³-hybridized carbons (Fsp3) is 0.333. The maximum absolute atomic E-state index is 13.1. The number of carbonyl (C=O) groups excluding carboxylic acids is 1. The molecule has 0 atom stereocenters. The number of likely N-dealkylation sites (N-methyl/N-ethyl adjacent to an activating group) is 1. The molecule has 0 unspecified atom stereocenters. The molecule has 2 N–H and O–H groups in total. The molecule has 8 heteroatoms. The van der Waals surface area contributed by atoms with E-state index in [0.29, 0.717) is 36.7 Å². The van der Waals surface area contributed by atoms with E-state index >= 15 is 0 Å². The Morgan fingerprint density at radius 1 is 1.10 bits per heavy atom. The second kappa shape index (κ2) is 9.88. The molecule has 2 heterocycles. The molecule has 0 bridgehead atoms. The SMILES string of the molecule is CCN(CCNC(=O)c1cnc2cc(C)ccc2n1)CCNc1cccc(F)n1. The number of benzene rings is 1. The molecule has 0 aliphatic heterocycles. The summed E-state index contributed by atoms with van der Waals surface area (Å²) in [5.74, 6) is -0.227. The van der Waals surface area contributed by atoms with Crippen LogP contribution >= 0.6 is 0 Å². The van der Waals surface area contributed by atoms with Crippen LogP contribution in [-0.4, -0.2) is 58.5 Å². The second-order valence-corrected chi connectivity index (χ2v) is 6.71. The molecule has 0 fully saturated rings. The minimum Gasteiger partial charge on any atom is -0.369 e. The predicted molar refractivity (Wildman–Crippen MR) is 111 cm³/mol. The smallest absolute Gasteiger partial charge is 0.271 e. The normalized spacial score (nSPS) is 11.0. The lowest BCUT2D eigenvalue weighted by Crippen LogP contribution is -2.37. The van der Waals surface area contributed by atoms with Crippen LogP contribution < -0.4 is 10.6 Å². The highest BCUT2D eigenvalue weighted by Crippen LogP contribution is 2.11. The molecule has 1 aromatic carbocycles. The summed E-state index contributed by atoms with van der Waals surface area (Å²) in [6, 6.07) is 10.4. The number of rotatable bonds is 9. The Labute approximate surface area is 169 Å². The second-order valence-electron chi connectivity index (χ2n) is 6.71. The highest BCUT2D eigenvalue weighted by molar-refractivity contribution is 5.93. The van der Waals surface area contributed by atoms with Crippen molar-refractivity contribution in [3.8, 4) is 0 Å². The summed E-state index contributed by atoms with van der Waals surface area (Å²) in [6.07, 6.45) is 1.50. The summed E-state index contributed by atoms with van der Waals surface area (Å²) in [5.41, 5.74) is 2.89. The van der Waals surface area contributed by atoms with Gasteiger partial charge in [0.15, 0.2) is 0 Å². The average Bonchev–Trinajstić information content (AvgIpc) is 2.72. The van der Waals surface area contributed by atoms with Crippen LogP contribution in [0.1, 0.15) is 23.0 Å². The maximum atomic E-state index is 13.1. The summed E-state index contributed by atoms with van der Waals surface area (Å²) >= 11 is 0. The van der Waals surface area contributed by atoms with Crippen LogP contribution in [0.2, 0.25) is 0 Å². The highest BCUT2D eigenvalue weighted by atomic mass is 19.1. The molecule has 0 saturated carbocycles. The average molecular weight is 396 g/mol. The molecule has 0 radical (unpaired) electrons. The number of nitrogens with zero attached hydrogens (tertiary/aromatic N) is 4. The van der Waals surface area contributed by atoms with Gasteiger partial charge in [0.25, 0.3) is 5.91 Å². The van der Waals surface area contributed by atoms with Gasteiger partial charge in [-0.05, 0) is 43.3 Å². The van der Waals surface area contributed by atoms with Gasteiger partial charge >= 0.3 is 0 Å². The first-order valence-corrected chi connectivity index (χ1v) is 9.65. The van der Waals surface area contributed by atoms with Crippen molar-refractivity contribution >= 4 is 22.8 Å². The molecule has 2 aromatic heterocycles. The Hall–Kier alpha value is -3.13. The van der Waals surface area contributed by atoms with Crippen LogP contribution in [0.5, 0.6) is 0 Å². The van der Waals surface area contributed by atoms with Gasteiger partial charge < -0.3 is 15.5 Å². The summed E-state index contributed by atoms with van der Waals surface area (Å²) in [4.78, 5) is 27.0. The molecule has 0 aliphatic carbocycles. The third-order valence-corrected chi connectivity index (χ3v) is 4.54. The van der Waals surface area contributed by atoms with Crippen molar-refractivity contribution in [1.29, 1.82) is 0 Å². The number of hydrogen-bond donors (Lipinski definition) is 2. The maximum Gasteiger partial charge on any atom is 0.271 e. The number of carbonyl (C=O) groups is 1. The Bertz CT molecular complexity index is 980. The summed E-state index contributed by atoms with van der Waals surface area (Å²) in [5, 5.41) is 5.99. The third kappa shape index (κ3) is 5.92. The van der Waals surface area contributed by atoms with E-state index in [-0.39, 0.29) is 5.91 Å². The minimum atomic E-state index is -0.503. The van der Waals surface area contributed by atoms with Crippen molar-refractivity contribution in [3.05, 3.63) is 59.8 Å². The first kappa shape index (κ1) is 20.6. The van der Waals surface area contributed by atoms with Crippen LogP contribution in [-0.2, 0) is 0 Å². The lowest BCUT2D eigenvalue weighted by Gasteiger charge is -2.20. The number of halogens is 1. The van der Waals surface area contributed by atoms with E-state index < -0.39 is 5.95 Å².